The van der Waals surface area contributed by atoms with E-state index in [1.807, 2.05) is 0 Å². The Morgan fingerprint density at radius 2 is 2.50 bits per heavy atom. The lowest BCUT2D eigenvalue weighted by atomic mass is 10.4. The van der Waals surface area contributed by atoms with Gasteiger partial charge in [-0.3, -0.25) is 4.79 Å². The summed E-state index contributed by atoms with van der Waals surface area (Å²) >= 11 is 1.17. The van der Waals surface area contributed by atoms with Crippen molar-refractivity contribution in [3.63, 3.8) is 0 Å². The molecule has 0 unspecified atom stereocenters. The molecule has 1 aromatic rings. The highest BCUT2D eigenvalue weighted by atomic mass is 32.1. The fraction of sp³-hybridized carbons (Fsp3) is 0.500. The zero-order valence-electron chi connectivity index (χ0n) is 6.48. The van der Waals surface area contributed by atoms with Gasteiger partial charge in [-0.2, -0.15) is 4.37 Å². The Morgan fingerprint density at radius 1 is 1.75 bits per heavy atom. The van der Waals surface area contributed by atoms with Crippen LogP contribution in [-0.2, 0) is 22.6 Å². The number of hydrogen-bond acceptors (Lipinski definition) is 5. The van der Waals surface area contributed by atoms with Crippen LogP contribution in [0.5, 0.6) is 0 Å². The van der Waals surface area contributed by atoms with Crippen molar-refractivity contribution in [2.75, 3.05) is 7.11 Å². The van der Waals surface area contributed by atoms with Crippen molar-refractivity contribution in [1.82, 2.24) is 9.36 Å². The van der Waals surface area contributed by atoms with E-state index in [0.717, 1.165) is 0 Å². The third-order valence-electron chi connectivity index (χ3n) is 1.09. The van der Waals surface area contributed by atoms with Gasteiger partial charge in [0, 0.05) is 7.11 Å². The van der Waals surface area contributed by atoms with Gasteiger partial charge in [0.15, 0.2) is 5.82 Å². The topological polar surface area (TPSA) is 72.3 Å². The van der Waals surface area contributed by atoms with Crippen LogP contribution in [0.1, 0.15) is 10.8 Å². The van der Waals surface area contributed by atoms with Crippen LogP contribution in [-0.4, -0.2) is 27.5 Å². The van der Waals surface area contributed by atoms with E-state index in [4.69, 9.17) is 9.84 Å². The standard InChI is InChI=1S/C6H8N2O3S/c1-11-3-5-7-4(8-12-5)2-6(9)10/h2-3H2,1H3,(H,9,10). The molecular formula is C6H8N2O3S. The average Bonchev–Trinajstić information content (AvgIpc) is 2.36. The highest BCUT2D eigenvalue weighted by Crippen LogP contribution is 2.05. The second kappa shape index (κ2) is 4.13. The van der Waals surface area contributed by atoms with Crippen molar-refractivity contribution in [1.29, 1.82) is 0 Å². The number of carboxylic acids is 1. The van der Waals surface area contributed by atoms with Crippen molar-refractivity contribution in [3.05, 3.63) is 10.8 Å². The van der Waals surface area contributed by atoms with Gasteiger partial charge in [0.1, 0.15) is 11.4 Å². The number of carboxylic acid groups (broad SMARTS) is 1. The van der Waals surface area contributed by atoms with Gasteiger partial charge in [-0.25, -0.2) is 4.98 Å². The summed E-state index contributed by atoms with van der Waals surface area (Å²) < 4.78 is 8.65. The first-order valence-electron chi connectivity index (χ1n) is 3.24. The molecule has 1 rings (SSSR count). The average molecular weight is 188 g/mol. The van der Waals surface area contributed by atoms with Gasteiger partial charge in [0.2, 0.25) is 0 Å². The summed E-state index contributed by atoms with van der Waals surface area (Å²) in [5.41, 5.74) is 0. The molecule has 1 N–H and O–H groups in total. The lowest BCUT2D eigenvalue weighted by molar-refractivity contribution is -0.136. The predicted molar refractivity (Wildman–Crippen MR) is 42.0 cm³/mol. The normalized spacial score (nSPS) is 10.1. The minimum Gasteiger partial charge on any atom is -0.481 e. The van der Waals surface area contributed by atoms with Crippen molar-refractivity contribution in [2.45, 2.75) is 13.0 Å². The fourth-order valence-electron chi connectivity index (χ4n) is 0.679. The zero-order valence-corrected chi connectivity index (χ0v) is 7.30. The SMILES string of the molecule is COCc1nc(CC(=O)O)ns1. The summed E-state index contributed by atoms with van der Waals surface area (Å²) in [5, 5.41) is 9.10. The monoisotopic (exact) mass is 188 g/mol. The molecule has 0 amide bonds. The molecule has 5 nitrogen and oxygen atoms in total. The van der Waals surface area contributed by atoms with Crippen LogP contribution in [0.4, 0.5) is 0 Å². The Kier molecular flexibility index (Phi) is 3.12. The summed E-state index contributed by atoms with van der Waals surface area (Å²) in [6.45, 7) is 0.386. The van der Waals surface area contributed by atoms with Gasteiger partial charge >= 0.3 is 5.97 Å². The number of ether oxygens (including phenoxy) is 1. The largest absolute Gasteiger partial charge is 0.481 e. The summed E-state index contributed by atoms with van der Waals surface area (Å²) in [6, 6.07) is 0. The maximum Gasteiger partial charge on any atom is 0.311 e. The third kappa shape index (κ3) is 2.55. The fourth-order valence-corrected chi connectivity index (χ4v) is 1.31. The Morgan fingerprint density at radius 3 is 3.08 bits per heavy atom. The van der Waals surface area contributed by atoms with E-state index in [2.05, 4.69) is 9.36 Å². The molecule has 0 atom stereocenters. The second-order valence-corrected chi connectivity index (χ2v) is 2.94. The van der Waals surface area contributed by atoms with Crippen LogP contribution in [0.2, 0.25) is 0 Å². The maximum atomic E-state index is 10.2. The molecule has 1 aromatic heterocycles. The van der Waals surface area contributed by atoms with Gasteiger partial charge in [-0.05, 0) is 11.5 Å². The molecule has 0 saturated carbocycles. The molecule has 0 saturated heterocycles. The first-order chi connectivity index (χ1) is 5.72. The van der Waals surface area contributed by atoms with Crippen molar-refractivity contribution in [3.8, 4) is 0 Å². The molecule has 0 aliphatic rings. The second-order valence-electron chi connectivity index (χ2n) is 2.11. The number of methoxy groups -OCH3 is 1. The van der Waals surface area contributed by atoms with Gasteiger partial charge in [-0.15, -0.1) is 0 Å². The van der Waals surface area contributed by atoms with Crippen molar-refractivity contribution in [2.24, 2.45) is 0 Å². The minimum absolute atomic E-state index is 0.125. The molecule has 1 heterocycles. The number of aromatic nitrogens is 2. The van der Waals surface area contributed by atoms with Gasteiger partial charge in [0.25, 0.3) is 0 Å². The molecule has 0 bridgehead atoms. The Hall–Kier alpha value is -1.01. The molecule has 0 fully saturated rings. The van der Waals surface area contributed by atoms with Crippen LogP contribution in [0, 0.1) is 0 Å². The molecule has 0 aromatic carbocycles. The van der Waals surface area contributed by atoms with Crippen LogP contribution < -0.4 is 0 Å². The summed E-state index contributed by atoms with van der Waals surface area (Å²) in [4.78, 5) is 14.2. The molecule has 0 spiro atoms. The van der Waals surface area contributed by atoms with Gasteiger partial charge in [-0.1, -0.05) is 0 Å². The highest BCUT2D eigenvalue weighted by molar-refractivity contribution is 7.05. The van der Waals surface area contributed by atoms with Crippen LogP contribution in [0.25, 0.3) is 0 Å². The quantitative estimate of drug-likeness (QED) is 0.736. The van der Waals surface area contributed by atoms with Crippen molar-refractivity contribution < 1.29 is 14.6 Å². The number of nitrogens with zero attached hydrogens (tertiary/aromatic N) is 2. The van der Waals surface area contributed by atoms with Gasteiger partial charge in [0.05, 0.1) is 6.61 Å². The Labute approximate surface area is 73.2 Å². The summed E-state index contributed by atoms with van der Waals surface area (Å²) in [6.07, 6.45) is -0.125. The summed E-state index contributed by atoms with van der Waals surface area (Å²) in [7, 11) is 1.55. The van der Waals surface area contributed by atoms with E-state index >= 15 is 0 Å². The number of carbonyl (C=O) groups is 1. The smallest absolute Gasteiger partial charge is 0.311 e. The van der Waals surface area contributed by atoms with E-state index in [-0.39, 0.29) is 6.42 Å². The molecule has 0 aliphatic heterocycles. The Balaban J connectivity index is 2.58. The minimum atomic E-state index is -0.920. The molecule has 0 radical (unpaired) electrons. The van der Waals surface area contributed by atoms with Gasteiger partial charge < -0.3 is 9.84 Å². The maximum absolute atomic E-state index is 10.2. The van der Waals surface area contributed by atoms with Crippen LogP contribution in [0.15, 0.2) is 0 Å². The van der Waals surface area contributed by atoms with E-state index in [9.17, 15) is 4.79 Å². The van der Waals surface area contributed by atoms with E-state index in [1.165, 1.54) is 11.5 Å². The third-order valence-corrected chi connectivity index (χ3v) is 1.81. The molecule has 6 heteroatoms. The zero-order chi connectivity index (χ0) is 8.97. The first-order valence-corrected chi connectivity index (χ1v) is 4.02. The van der Waals surface area contributed by atoms with Crippen LogP contribution >= 0.6 is 11.5 Å². The molecule has 12 heavy (non-hydrogen) atoms. The number of hydrogen-bond donors (Lipinski definition) is 1. The van der Waals surface area contributed by atoms with Crippen molar-refractivity contribution >= 4 is 17.5 Å². The molecule has 0 aliphatic carbocycles. The lowest BCUT2D eigenvalue weighted by Gasteiger charge is -1.88. The lowest BCUT2D eigenvalue weighted by Crippen LogP contribution is -2.01. The number of rotatable bonds is 4. The summed E-state index contributed by atoms with van der Waals surface area (Å²) in [5.74, 6) is -0.573. The molecular weight excluding hydrogens is 180 g/mol. The predicted octanol–water partition coefficient (Wildman–Crippen LogP) is 0.312. The first kappa shape index (κ1) is 9.08. The van der Waals surface area contributed by atoms with E-state index in [1.54, 1.807) is 7.11 Å². The Bertz CT molecular complexity index is 274. The van der Waals surface area contributed by atoms with E-state index in [0.29, 0.717) is 17.4 Å². The molecule has 66 valence electrons. The highest BCUT2D eigenvalue weighted by Gasteiger charge is 2.06. The van der Waals surface area contributed by atoms with E-state index < -0.39 is 5.97 Å². The van der Waals surface area contributed by atoms with Crippen LogP contribution in [0.3, 0.4) is 0 Å². The number of aliphatic carboxylic acids is 1.